The Hall–Kier alpha value is -1.90. The van der Waals surface area contributed by atoms with Crippen LogP contribution in [-0.4, -0.2) is 31.7 Å². The number of rotatable bonds is 5. The molecule has 0 saturated heterocycles. The third-order valence-electron chi connectivity index (χ3n) is 2.28. The Morgan fingerprint density at radius 1 is 1.63 bits per heavy atom. The first-order valence-corrected chi connectivity index (χ1v) is 6.69. The number of hydrogen-bond donors (Lipinski definition) is 1. The van der Waals surface area contributed by atoms with Gasteiger partial charge in [-0.2, -0.15) is 0 Å². The van der Waals surface area contributed by atoms with Crippen molar-refractivity contribution in [3.63, 3.8) is 0 Å². The van der Waals surface area contributed by atoms with Gasteiger partial charge in [0.15, 0.2) is 11.2 Å². The maximum absolute atomic E-state index is 11.7. The van der Waals surface area contributed by atoms with E-state index in [9.17, 15) is 4.79 Å². The minimum atomic E-state index is -0.181. The SMILES string of the molecule is CC(C)[n+]1cc(NC(=O)CSc2nncn2C)on1. The Balaban J connectivity index is 1.85. The van der Waals surface area contributed by atoms with Crippen LogP contribution < -0.4 is 10.00 Å². The number of carbonyl (C=O) groups is 1. The number of nitrogens with one attached hydrogen (secondary N) is 1. The molecule has 2 heterocycles. The molecule has 1 N–H and O–H groups in total. The minimum absolute atomic E-state index is 0.181. The normalized spacial score (nSPS) is 10.9. The van der Waals surface area contributed by atoms with Crippen molar-refractivity contribution in [2.24, 2.45) is 7.05 Å². The number of carbonyl (C=O) groups excluding carboxylic acids is 1. The van der Waals surface area contributed by atoms with Gasteiger partial charge in [-0.15, -0.1) is 10.2 Å². The zero-order valence-corrected chi connectivity index (χ0v) is 11.7. The molecule has 2 rings (SSSR count). The fraction of sp³-hybridized carbons (Fsp3) is 0.500. The van der Waals surface area contributed by atoms with Crippen LogP contribution in [0.15, 0.2) is 22.2 Å². The van der Waals surface area contributed by atoms with Crippen molar-refractivity contribution < 1.29 is 14.0 Å². The number of amides is 1. The topological polar surface area (TPSA) is 89.7 Å². The maximum Gasteiger partial charge on any atom is 0.302 e. The van der Waals surface area contributed by atoms with Gasteiger partial charge in [0.1, 0.15) is 6.33 Å². The fourth-order valence-corrected chi connectivity index (χ4v) is 1.95. The third-order valence-corrected chi connectivity index (χ3v) is 3.31. The number of hydrogen-bond acceptors (Lipinski definition) is 6. The van der Waals surface area contributed by atoms with Gasteiger partial charge in [0.05, 0.1) is 5.75 Å². The van der Waals surface area contributed by atoms with Gasteiger partial charge in [-0.05, 0) is 18.5 Å². The third kappa shape index (κ3) is 3.53. The second kappa shape index (κ2) is 5.83. The summed E-state index contributed by atoms with van der Waals surface area (Å²) in [5, 5.41) is 14.7. The van der Waals surface area contributed by atoms with Crippen LogP contribution in [0.25, 0.3) is 0 Å². The molecule has 0 radical (unpaired) electrons. The fourth-order valence-electron chi connectivity index (χ4n) is 1.26. The van der Waals surface area contributed by atoms with Crippen LogP contribution in [0.1, 0.15) is 19.9 Å². The molecule has 0 fully saturated rings. The molecule has 2 aromatic heterocycles. The molecule has 0 bridgehead atoms. The van der Waals surface area contributed by atoms with E-state index in [4.69, 9.17) is 4.52 Å². The van der Waals surface area contributed by atoms with Crippen molar-refractivity contribution in [3.05, 3.63) is 12.5 Å². The summed E-state index contributed by atoms with van der Waals surface area (Å²) >= 11 is 1.30. The van der Waals surface area contributed by atoms with E-state index in [1.165, 1.54) is 11.8 Å². The average Bonchev–Trinajstić information content (AvgIpc) is 2.96. The molecule has 0 aliphatic heterocycles. The van der Waals surface area contributed by atoms with E-state index in [0.29, 0.717) is 11.0 Å². The van der Waals surface area contributed by atoms with Gasteiger partial charge >= 0.3 is 5.88 Å². The van der Waals surface area contributed by atoms with Crippen LogP contribution >= 0.6 is 11.8 Å². The molecule has 19 heavy (non-hydrogen) atoms. The number of aromatic nitrogens is 5. The van der Waals surface area contributed by atoms with Gasteiger partial charge in [-0.25, -0.2) is 0 Å². The molecule has 1 amide bonds. The molecule has 0 aliphatic carbocycles. The zero-order valence-electron chi connectivity index (χ0n) is 10.9. The largest absolute Gasteiger partial charge is 0.312 e. The Labute approximate surface area is 114 Å². The van der Waals surface area contributed by atoms with Crippen LogP contribution in [0.2, 0.25) is 0 Å². The highest BCUT2D eigenvalue weighted by Crippen LogP contribution is 2.13. The van der Waals surface area contributed by atoms with Gasteiger partial charge in [0.25, 0.3) is 6.20 Å². The van der Waals surface area contributed by atoms with E-state index in [-0.39, 0.29) is 17.7 Å². The van der Waals surface area contributed by atoms with Gasteiger partial charge in [0.2, 0.25) is 11.2 Å². The van der Waals surface area contributed by atoms with Crippen LogP contribution in [-0.2, 0) is 11.8 Å². The summed E-state index contributed by atoms with van der Waals surface area (Å²) in [6.45, 7) is 3.94. The van der Waals surface area contributed by atoms with E-state index in [0.717, 1.165) is 0 Å². The molecule has 0 unspecified atom stereocenters. The molecule has 0 atom stereocenters. The first kappa shape index (κ1) is 13.5. The summed E-state index contributed by atoms with van der Waals surface area (Å²) in [7, 11) is 1.82. The van der Waals surface area contributed by atoms with E-state index in [1.54, 1.807) is 21.8 Å². The summed E-state index contributed by atoms with van der Waals surface area (Å²) in [6, 6.07) is 0.183. The lowest BCUT2D eigenvalue weighted by Gasteiger charge is -1.99. The molecular formula is C10H15N6O2S+. The molecular weight excluding hydrogens is 268 g/mol. The molecule has 102 valence electrons. The van der Waals surface area contributed by atoms with Crippen LogP contribution in [0.5, 0.6) is 0 Å². The predicted octanol–water partition coefficient (Wildman–Crippen LogP) is 0.402. The summed E-state index contributed by atoms with van der Waals surface area (Å²) in [5.74, 6) is 0.381. The van der Waals surface area contributed by atoms with Gasteiger partial charge in [-0.1, -0.05) is 11.8 Å². The highest BCUT2D eigenvalue weighted by Gasteiger charge is 2.17. The molecule has 0 spiro atoms. The zero-order chi connectivity index (χ0) is 13.8. The van der Waals surface area contributed by atoms with Crippen LogP contribution in [0, 0.1) is 0 Å². The first-order valence-electron chi connectivity index (χ1n) is 5.71. The lowest BCUT2D eigenvalue weighted by molar-refractivity contribution is -0.779. The van der Waals surface area contributed by atoms with Crippen molar-refractivity contribution in [2.45, 2.75) is 25.0 Å². The monoisotopic (exact) mass is 283 g/mol. The predicted molar refractivity (Wildman–Crippen MR) is 67.4 cm³/mol. The smallest absolute Gasteiger partial charge is 0.302 e. The number of aryl methyl sites for hydroxylation is 1. The number of thioether (sulfide) groups is 1. The second-order valence-electron chi connectivity index (χ2n) is 4.20. The van der Waals surface area contributed by atoms with Crippen molar-refractivity contribution in [2.75, 3.05) is 11.1 Å². The van der Waals surface area contributed by atoms with Crippen molar-refractivity contribution in [3.8, 4) is 0 Å². The average molecular weight is 283 g/mol. The van der Waals surface area contributed by atoms with Crippen LogP contribution in [0.3, 0.4) is 0 Å². The molecule has 0 aliphatic rings. The standard InChI is InChI=1S/C10H14N6O2S/c1-7(2)16-4-9(18-14-16)12-8(17)5-19-10-13-11-6-15(10)3/h4,6-7H,5H2,1-3H3/p+1. The Kier molecular flexibility index (Phi) is 4.15. The summed E-state index contributed by atoms with van der Waals surface area (Å²) in [4.78, 5) is 11.7. The van der Waals surface area contributed by atoms with E-state index in [1.807, 2.05) is 20.9 Å². The molecule has 0 aromatic carbocycles. The maximum atomic E-state index is 11.7. The van der Waals surface area contributed by atoms with E-state index in [2.05, 4.69) is 20.8 Å². The van der Waals surface area contributed by atoms with Crippen LogP contribution in [0.4, 0.5) is 5.88 Å². The lowest BCUT2D eigenvalue weighted by Crippen LogP contribution is -2.36. The summed E-state index contributed by atoms with van der Waals surface area (Å²) < 4.78 is 8.38. The Morgan fingerprint density at radius 2 is 2.42 bits per heavy atom. The number of nitrogens with zero attached hydrogens (tertiary/aromatic N) is 5. The van der Waals surface area contributed by atoms with Gasteiger partial charge < -0.3 is 4.57 Å². The Bertz CT molecular complexity index is 564. The number of anilines is 1. The van der Waals surface area contributed by atoms with Crippen molar-refractivity contribution in [1.82, 2.24) is 20.0 Å². The van der Waals surface area contributed by atoms with Crippen molar-refractivity contribution >= 4 is 23.6 Å². The molecule has 8 nitrogen and oxygen atoms in total. The second-order valence-corrected chi connectivity index (χ2v) is 5.14. The van der Waals surface area contributed by atoms with Gasteiger partial charge in [0, 0.05) is 7.05 Å². The molecule has 0 saturated carbocycles. The van der Waals surface area contributed by atoms with E-state index < -0.39 is 0 Å². The summed E-state index contributed by atoms with van der Waals surface area (Å²) in [5.41, 5.74) is 0. The minimum Gasteiger partial charge on any atom is -0.312 e. The quantitative estimate of drug-likeness (QED) is 0.631. The lowest BCUT2D eigenvalue weighted by atomic mass is 10.4. The highest BCUT2D eigenvalue weighted by molar-refractivity contribution is 7.99. The van der Waals surface area contributed by atoms with Crippen molar-refractivity contribution in [1.29, 1.82) is 0 Å². The molecule has 9 heteroatoms. The van der Waals surface area contributed by atoms with Gasteiger partial charge in [-0.3, -0.25) is 14.6 Å². The van der Waals surface area contributed by atoms with E-state index >= 15 is 0 Å². The summed E-state index contributed by atoms with van der Waals surface area (Å²) in [6.07, 6.45) is 3.23. The highest BCUT2D eigenvalue weighted by atomic mass is 32.2. The first-order chi connectivity index (χ1) is 9.06. The Morgan fingerprint density at radius 3 is 3.00 bits per heavy atom. The molecule has 2 aromatic rings.